The molecule has 0 spiro atoms. The van der Waals surface area contributed by atoms with Crippen LogP contribution in [0, 0.1) is 0 Å². The van der Waals surface area contributed by atoms with Crippen molar-refractivity contribution in [2.75, 3.05) is 7.11 Å². The van der Waals surface area contributed by atoms with Crippen LogP contribution in [0.4, 0.5) is 0 Å². The monoisotopic (exact) mass is 448 g/mol. The van der Waals surface area contributed by atoms with Crippen LogP contribution in [0.15, 0.2) is 69.3 Å². The van der Waals surface area contributed by atoms with E-state index < -0.39 is 29.1 Å². The Labute approximate surface area is 186 Å². The summed E-state index contributed by atoms with van der Waals surface area (Å²) in [6.07, 6.45) is 2.74. The van der Waals surface area contributed by atoms with Gasteiger partial charge in [0.2, 0.25) is 5.88 Å². The summed E-state index contributed by atoms with van der Waals surface area (Å²) >= 11 is 0. The number of aliphatic imine (C=N–C) groups is 1. The lowest BCUT2D eigenvalue weighted by molar-refractivity contribution is -0.138. The van der Waals surface area contributed by atoms with Gasteiger partial charge in [-0.15, -0.1) is 0 Å². The van der Waals surface area contributed by atoms with Gasteiger partial charge in [-0.2, -0.15) is 0 Å². The van der Waals surface area contributed by atoms with Crippen LogP contribution in [0.3, 0.4) is 0 Å². The number of aliphatic carboxylic acids is 1. The number of methoxy groups -OCH3 is 1. The molecule has 2 heterocycles. The second-order valence-electron chi connectivity index (χ2n) is 7.23. The molecule has 4 aromatic rings. The molecule has 0 saturated heterocycles. The van der Waals surface area contributed by atoms with Crippen LogP contribution < -0.4 is 16.0 Å². The second kappa shape index (κ2) is 8.87. The van der Waals surface area contributed by atoms with Crippen molar-refractivity contribution in [3.8, 4) is 17.3 Å². The molecule has 0 fully saturated rings. The first-order valence-electron chi connectivity index (χ1n) is 9.92. The maximum absolute atomic E-state index is 12.4. The lowest BCUT2D eigenvalue weighted by Gasteiger charge is -2.11. The Morgan fingerprint density at radius 3 is 2.76 bits per heavy atom. The van der Waals surface area contributed by atoms with Gasteiger partial charge in [0.1, 0.15) is 11.3 Å². The van der Waals surface area contributed by atoms with Crippen molar-refractivity contribution in [3.05, 3.63) is 86.7 Å². The van der Waals surface area contributed by atoms with Crippen LogP contribution in [-0.2, 0) is 11.2 Å². The van der Waals surface area contributed by atoms with E-state index in [1.807, 2.05) is 24.3 Å². The summed E-state index contributed by atoms with van der Waals surface area (Å²) < 4.78 is 6.01. The second-order valence-corrected chi connectivity index (χ2v) is 7.23. The maximum Gasteiger partial charge on any atom is 0.335 e. The van der Waals surface area contributed by atoms with Crippen molar-refractivity contribution in [2.24, 2.45) is 4.99 Å². The van der Waals surface area contributed by atoms with E-state index in [9.17, 15) is 24.6 Å². The molecule has 0 amide bonds. The van der Waals surface area contributed by atoms with Gasteiger partial charge >= 0.3 is 11.7 Å². The Kier molecular flexibility index (Phi) is 5.81. The third-order valence-electron chi connectivity index (χ3n) is 5.19. The van der Waals surface area contributed by atoms with Gasteiger partial charge in [0.25, 0.3) is 5.56 Å². The van der Waals surface area contributed by atoms with Crippen LogP contribution in [0.25, 0.3) is 16.6 Å². The molecule has 168 valence electrons. The molecule has 0 saturated carbocycles. The molecule has 4 N–H and O–H groups in total. The minimum Gasteiger partial charge on any atom is -0.497 e. The van der Waals surface area contributed by atoms with Crippen LogP contribution in [0.5, 0.6) is 11.6 Å². The molecule has 0 aliphatic carbocycles. The Morgan fingerprint density at radius 1 is 1.21 bits per heavy atom. The van der Waals surface area contributed by atoms with E-state index >= 15 is 0 Å². The quantitative estimate of drug-likeness (QED) is 0.317. The lowest BCUT2D eigenvalue weighted by Crippen LogP contribution is -2.31. The summed E-state index contributed by atoms with van der Waals surface area (Å²) in [5.41, 5.74) is -0.248. The summed E-state index contributed by atoms with van der Waals surface area (Å²) in [6.45, 7) is 0. The zero-order chi connectivity index (χ0) is 23.5. The standard InChI is InChI=1S/C23H20N4O6/c1-33-15-6-4-5-14(10-15)27-21(29)17(20(28)26-23(27)32)12-25-19(22(30)31)9-13-11-24-18-8-3-2-7-16(13)18/h2-8,10-12,19,24,29H,9H2,1H3,(H,30,31)(H,26,28,32). The summed E-state index contributed by atoms with van der Waals surface area (Å²) in [6, 6.07) is 12.5. The van der Waals surface area contributed by atoms with E-state index in [1.165, 1.54) is 13.2 Å². The van der Waals surface area contributed by atoms with Gasteiger partial charge in [-0.05, 0) is 23.8 Å². The van der Waals surface area contributed by atoms with Crippen molar-refractivity contribution in [3.63, 3.8) is 0 Å². The molecular weight excluding hydrogens is 428 g/mol. The van der Waals surface area contributed by atoms with Crippen molar-refractivity contribution < 1.29 is 19.7 Å². The van der Waals surface area contributed by atoms with Crippen LogP contribution in [0.1, 0.15) is 11.1 Å². The number of rotatable bonds is 7. The van der Waals surface area contributed by atoms with E-state index in [-0.39, 0.29) is 17.7 Å². The Morgan fingerprint density at radius 2 is 2.00 bits per heavy atom. The fourth-order valence-electron chi connectivity index (χ4n) is 3.52. The van der Waals surface area contributed by atoms with E-state index in [0.717, 1.165) is 27.2 Å². The molecule has 2 aromatic heterocycles. The van der Waals surface area contributed by atoms with Crippen molar-refractivity contribution in [1.29, 1.82) is 0 Å². The zero-order valence-corrected chi connectivity index (χ0v) is 17.5. The molecule has 0 radical (unpaired) electrons. The fraction of sp³-hybridized carbons (Fsp3) is 0.130. The average molecular weight is 448 g/mol. The number of ether oxygens (including phenoxy) is 1. The summed E-state index contributed by atoms with van der Waals surface area (Å²) in [5.74, 6) is -1.43. The normalized spacial score (nSPS) is 12.3. The van der Waals surface area contributed by atoms with Crippen LogP contribution in [-0.4, -0.2) is 50.1 Å². The summed E-state index contributed by atoms with van der Waals surface area (Å²) in [7, 11) is 1.45. The number of aromatic amines is 2. The van der Waals surface area contributed by atoms with Gasteiger partial charge in [0, 0.05) is 35.8 Å². The molecule has 0 aliphatic rings. The number of aromatic nitrogens is 3. The number of carbonyl (C=O) groups is 1. The average Bonchev–Trinajstić information content (AvgIpc) is 3.20. The highest BCUT2D eigenvalue weighted by Crippen LogP contribution is 2.21. The number of para-hydroxylation sites is 1. The molecule has 10 nitrogen and oxygen atoms in total. The molecule has 33 heavy (non-hydrogen) atoms. The number of benzene rings is 2. The number of fused-ring (bicyclic) bond motifs is 1. The highest BCUT2D eigenvalue weighted by Gasteiger charge is 2.20. The Balaban J connectivity index is 1.72. The van der Waals surface area contributed by atoms with Gasteiger partial charge in [-0.3, -0.25) is 14.8 Å². The van der Waals surface area contributed by atoms with Crippen molar-refractivity contribution >= 4 is 23.1 Å². The molecule has 1 atom stereocenters. The number of aromatic hydroxyl groups is 1. The predicted molar refractivity (Wildman–Crippen MR) is 122 cm³/mol. The number of nitrogens with one attached hydrogen (secondary N) is 2. The van der Waals surface area contributed by atoms with Gasteiger partial charge in [-0.25, -0.2) is 14.2 Å². The predicted octanol–water partition coefficient (Wildman–Crippen LogP) is 1.84. The molecule has 4 rings (SSSR count). The van der Waals surface area contributed by atoms with Crippen LogP contribution in [0.2, 0.25) is 0 Å². The van der Waals surface area contributed by atoms with Gasteiger partial charge < -0.3 is 19.9 Å². The largest absolute Gasteiger partial charge is 0.497 e. The SMILES string of the molecule is COc1cccc(-n2c(O)c(C=NC(Cc3c[nH]c4ccccc34)C(=O)O)c(=O)[nH]c2=O)c1. The smallest absolute Gasteiger partial charge is 0.335 e. The first-order chi connectivity index (χ1) is 15.9. The number of carboxylic acid groups (broad SMARTS) is 1. The first kappa shape index (κ1) is 21.6. The van der Waals surface area contributed by atoms with Gasteiger partial charge in [-0.1, -0.05) is 24.3 Å². The number of H-pyrrole nitrogens is 2. The minimum absolute atomic E-state index is 0.0596. The molecule has 1 unspecified atom stereocenters. The van der Waals surface area contributed by atoms with E-state index in [1.54, 1.807) is 24.4 Å². The molecule has 0 bridgehead atoms. The minimum atomic E-state index is -1.22. The Hall–Kier alpha value is -4.60. The third kappa shape index (κ3) is 4.26. The highest BCUT2D eigenvalue weighted by molar-refractivity contribution is 5.87. The third-order valence-corrected chi connectivity index (χ3v) is 5.19. The highest BCUT2D eigenvalue weighted by atomic mass is 16.5. The van der Waals surface area contributed by atoms with E-state index in [0.29, 0.717) is 5.75 Å². The molecule has 0 aliphatic heterocycles. The first-order valence-corrected chi connectivity index (χ1v) is 9.92. The fourth-order valence-corrected chi connectivity index (χ4v) is 3.52. The number of nitrogens with zero attached hydrogens (tertiary/aromatic N) is 2. The molecule has 10 heteroatoms. The Bertz CT molecular complexity index is 1480. The van der Waals surface area contributed by atoms with Crippen molar-refractivity contribution in [1.82, 2.24) is 14.5 Å². The maximum atomic E-state index is 12.4. The molecular formula is C23H20N4O6. The topological polar surface area (TPSA) is 150 Å². The van der Waals surface area contributed by atoms with E-state index in [4.69, 9.17) is 4.74 Å². The summed E-state index contributed by atoms with van der Waals surface area (Å²) in [4.78, 5) is 45.8. The van der Waals surface area contributed by atoms with E-state index in [2.05, 4.69) is 15.0 Å². The van der Waals surface area contributed by atoms with Crippen LogP contribution >= 0.6 is 0 Å². The lowest BCUT2D eigenvalue weighted by atomic mass is 10.1. The zero-order valence-electron chi connectivity index (χ0n) is 17.5. The number of hydrogen-bond acceptors (Lipinski definition) is 6. The number of hydrogen-bond donors (Lipinski definition) is 4. The van der Waals surface area contributed by atoms with Crippen molar-refractivity contribution in [2.45, 2.75) is 12.5 Å². The number of carboxylic acids is 1. The summed E-state index contributed by atoms with van der Waals surface area (Å²) in [5, 5.41) is 21.2. The molecule has 2 aromatic carbocycles. The van der Waals surface area contributed by atoms with Gasteiger partial charge in [0.05, 0.1) is 12.8 Å². The van der Waals surface area contributed by atoms with Gasteiger partial charge in [0.15, 0.2) is 6.04 Å².